The Hall–Kier alpha value is -6.64. The number of fused-ring (bicyclic) bond motifs is 4. The van der Waals surface area contributed by atoms with Gasteiger partial charge in [0.2, 0.25) is 5.91 Å². The molecule has 3 amide bonds. The van der Waals surface area contributed by atoms with Gasteiger partial charge in [-0.25, -0.2) is 0 Å². The molecule has 12 nitrogen and oxygen atoms in total. The number of ketones is 1. The van der Waals surface area contributed by atoms with Crippen molar-refractivity contribution in [3.63, 3.8) is 0 Å². The lowest BCUT2D eigenvalue weighted by Gasteiger charge is -2.23. The number of carbonyl (C=O) groups excluding carboxylic acids is 4. The molecule has 1 unspecified atom stereocenters. The Bertz CT molecular complexity index is 2860. The Morgan fingerprint density at radius 2 is 1.59 bits per heavy atom. The fourth-order valence-corrected chi connectivity index (χ4v) is 8.70. The van der Waals surface area contributed by atoms with Gasteiger partial charge in [0.1, 0.15) is 12.3 Å². The number of aryl methyl sites for hydroxylation is 2. The van der Waals surface area contributed by atoms with E-state index in [-0.39, 0.29) is 56.8 Å². The molecule has 6 aromatic rings. The highest BCUT2D eigenvalue weighted by Gasteiger charge is 2.36. The van der Waals surface area contributed by atoms with Crippen molar-refractivity contribution in [1.29, 1.82) is 0 Å². The molecule has 8 rings (SSSR count). The number of carbonyl (C=O) groups is 4. The first-order valence-corrected chi connectivity index (χ1v) is 23.5. The van der Waals surface area contributed by atoms with E-state index in [4.69, 9.17) is 25.7 Å². The van der Waals surface area contributed by atoms with Gasteiger partial charge in [0, 0.05) is 73.3 Å². The summed E-state index contributed by atoms with van der Waals surface area (Å²) in [6.45, 7) is 4.42. The number of ether oxygens (including phenoxy) is 2. The summed E-state index contributed by atoms with van der Waals surface area (Å²) in [5.41, 5.74) is 8.51. The average Bonchev–Trinajstić information content (AvgIpc) is 3.95. The summed E-state index contributed by atoms with van der Waals surface area (Å²) in [6.07, 6.45) is 9.46. The third-order valence-electron chi connectivity index (χ3n) is 11.9. The van der Waals surface area contributed by atoms with E-state index in [2.05, 4.69) is 24.5 Å². The molecule has 0 bridgehead atoms. The molecular formula is C50H50N6O6S2. The zero-order chi connectivity index (χ0) is 45.3. The van der Waals surface area contributed by atoms with Gasteiger partial charge < -0.3 is 29.2 Å². The number of methoxy groups -OCH3 is 1. The van der Waals surface area contributed by atoms with Gasteiger partial charge in [-0.3, -0.25) is 29.1 Å². The number of benzene rings is 4. The van der Waals surface area contributed by atoms with Crippen molar-refractivity contribution in [2.75, 3.05) is 28.9 Å². The van der Waals surface area contributed by atoms with Gasteiger partial charge in [-0.1, -0.05) is 79.6 Å². The van der Waals surface area contributed by atoms with Crippen LogP contribution in [0.2, 0.25) is 0 Å². The predicted octanol–water partition coefficient (Wildman–Crippen LogP) is 8.79. The van der Waals surface area contributed by atoms with Crippen LogP contribution in [0.5, 0.6) is 11.5 Å². The van der Waals surface area contributed by atoms with Gasteiger partial charge in [-0.15, -0.1) is 9.45 Å². The Balaban J connectivity index is 0.854. The highest BCUT2D eigenvalue weighted by molar-refractivity contribution is 8.29. The third-order valence-corrected chi connectivity index (χ3v) is 15.0. The highest BCUT2D eigenvalue weighted by Crippen LogP contribution is 2.41. The maximum atomic E-state index is 13.8. The summed E-state index contributed by atoms with van der Waals surface area (Å²) in [7, 11) is 4.95. The van der Waals surface area contributed by atoms with Gasteiger partial charge in [-0.05, 0) is 71.3 Å². The minimum atomic E-state index is -0.330. The number of aromatic nitrogens is 2. The van der Waals surface area contributed by atoms with E-state index in [1.54, 1.807) is 40.9 Å². The van der Waals surface area contributed by atoms with E-state index in [9.17, 15) is 19.2 Å². The smallest absolute Gasteiger partial charge is 0.272 e. The molecule has 0 aliphatic carbocycles. The lowest BCUT2D eigenvalue weighted by atomic mass is 10.0. The van der Waals surface area contributed by atoms with E-state index in [0.717, 1.165) is 39.9 Å². The number of nitrogens with zero attached hydrogens (tertiary/aromatic N) is 4. The number of amides is 3. The van der Waals surface area contributed by atoms with E-state index < -0.39 is 0 Å². The van der Waals surface area contributed by atoms with Crippen LogP contribution < -0.4 is 25.0 Å². The van der Waals surface area contributed by atoms with Crippen LogP contribution in [0.1, 0.15) is 74.7 Å². The van der Waals surface area contributed by atoms with Crippen LogP contribution in [-0.4, -0.2) is 63.0 Å². The number of para-hydroxylation sites is 1. The Morgan fingerprint density at radius 1 is 0.844 bits per heavy atom. The molecular weight excluding hydrogens is 845 g/mol. The van der Waals surface area contributed by atoms with E-state index in [1.165, 1.54) is 7.11 Å². The maximum absolute atomic E-state index is 13.8. The summed E-state index contributed by atoms with van der Waals surface area (Å²) in [5.74, 6) is 0.235. The number of hydrogen-bond acceptors (Lipinski definition) is 8. The fraction of sp³-hybridized carbons (Fsp3) is 0.260. The quantitative estimate of drug-likeness (QED) is 0.0985. The summed E-state index contributed by atoms with van der Waals surface area (Å²) in [4.78, 5) is 60.0. The second-order valence-corrected chi connectivity index (χ2v) is 20.3. The normalized spacial score (nSPS) is 14.6. The molecule has 0 saturated heterocycles. The van der Waals surface area contributed by atoms with Crippen LogP contribution in [-0.2, 0) is 59.0 Å². The molecule has 0 fully saturated rings. The lowest BCUT2D eigenvalue weighted by Crippen LogP contribution is -2.37. The first-order valence-electron chi connectivity index (χ1n) is 21.0. The predicted molar refractivity (Wildman–Crippen MR) is 258 cm³/mol. The molecule has 328 valence electrons. The van der Waals surface area contributed by atoms with Crippen LogP contribution in [0, 0.1) is 0 Å². The second kappa shape index (κ2) is 18.2. The van der Waals surface area contributed by atoms with Crippen molar-refractivity contribution in [3.8, 4) is 22.6 Å². The lowest BCUT2D eigenvalue weighted by molar-refractivity contribution is -0.115. The average molecular weight is 895 g/mol. The van der Waals surface area contributed by atoms with Crippen molar-refractivity contribution in [3.05, 3.63) is 143 Å². The molecule has 2 aliphatic heterocycles. The molecule has 14 heteroatoms. The van der Waals surface area contributed by atoms with Crippen LogP contribution in [0.3, 0.4) is 0 Å². The van der Waals surface area contributed by atoms with Crippen molar-refractivity contribution in [2.24, 2.45) is 19.1 Å². The van der Waals surface area contributed by atoms with Crippen LogP contribution in [0.15, 0.2) is 114 Å². The molecule has 0 saturated carbocycles. The molecule has 2 aliphatic rings. The summed E-state index contributed by atoms with van der Waals surface area (Å²) < 4.78 is 15.3. The minimum Gasteiger partial charge on any atom is -0.493 e. The summed E-state index contributed by atoms with van der Waals surface area (Å²) in [6, 6.07) is 29.7. The zero-order valence-electron chi connectivity index (χ0n) is 36.6. The highest BCUT2D eigenvalue weighted by atomic mass is 32.8. The molecule has 4 aromatic carbocycles. The molecule has 64 heavy (non-hydrogen) atoms. The molecule has 4 heterocycles. The zero-order valence-corrected chi connectivity index (χ0v) is 38.3. The molecule has 2 N–H and O–H groups in total. The fourth-order valence-electron chi connectivity index (χ4n) is 8.06. The molecule has 0 spiro atoms. The van der Waals surface area contributed by atoms with Crippen LogP contribution in [0.4, 0.5) is 22.7 Å². The van der Waals surface area contributed by atoms with Gasteiger partial charge in [0.05, 0.1) is 42.2 Å². The number of aliphatic imine (C=N–C) groups is 1. The van der Waals surface area contributed by atoms with E-state index in [1.807, 2.05) is 109 Å². The maximum Gasteiger partial charge on any atom is 0.272 e. The largest absolute Gasteiger partial charge is 0.493 e. The van der Waals surface area contributed by atoms with Crippen LogP contribution in [0.25, 0.3) is 11.1 Å². The van der Waals surface area contributed by atoms with Gasteiger partial charge in [0.25, 0.3) is 11.8 Å². The first kappa shape index (κ1) is 44.0. The number of hydrogen-bond donors (Lipinski definition) is 2. The standard InChI is InChI=1S/C50H50N6O6S2/c1-50(2,64(6)63)19-18-44(57)42-23-35(28-54(42)3)33-14-16-36(17-15-33)53-48(59)43-24-37(29-55(43)4)52-47(58)21-31-10-9-11-32(20-31)30-62-46-26-40-39(25-45(46)61-5)49(60)56-38(27-51-40)22-34-12-7-8-13-41(34)56/h7-17,20,23-29,38H,18-19,21-22,30H2,1-6H3,(H,52,58)(H,53,59)/t38-,64?/m0/s1. The SMILES string of the molecule is COc1cc2c(cc1OCc1cccc(CC(=O)Nc3cc(C(=O)Nc4ccc(-c5cc(C(=O)CCC(C)(C)S(C)=S)n(C)c5)cc4)n(C)c3)c1)N=C[C@@H]1Cc3ccccc3N1C2=O. The molecule has 0 radical (unpaired) electrons. The summed E-state index contributed by atoms with van der Waals surface area (Å²) >= 11 is 5.49. The van der Waals surface area contributed by atoms with Crippen molar-refractivity contribution < 1.29 is 28.7 Å². The van der Waals surface area contributed by atoms with E-state index in [0.29, 0.717) is 58.4 Å². The second-order valence-electron chi connectivity index (χ2n) is 16.8. The number of Topliss-reactive ketones (excluding diaryl/α,β-unsaturated/α-hetero) is 1. The van der Waals surface area contributed by atoms with Gasteiger partial charge in [0.15, 0.2) is 17.3 Å². The van der Waals surface area contributed by atoms with Crippen molar-refractivity contribution >= 4 is 73.1 Å². The van der Waals surface area contributed by atoms with Crippen LogP contribution >= 0.6 is 0 Å². The van der Waals surface area contributed by atoms with E-state index >= 15 is 0 Å². The van der Waals surface area contributed by atoms with Gasteiger partial charge >= 0.3 is 0 Å². The third kappa shape index (κ3) is 9.34. The minimum absolute atomic E-state index is 0.0722. The molecule has 2 atom stereocenters. The summed E-state index contributed by atoms with van der Waals surface area (Å²) in [5, 5.41) is 5.86. The Morgan fingerprint density at radius 3 is 2.36 bits per heavy atom. The first-order chi connectivity index (χ1) is 30.7. The Labute approximate surface area is 379 Å². The topological polar surface area (TPSA) is 136 Å². The number of nitrogens with one attached hydrogen (secondary N) is 2. The monoisotopic (exact) mass is 894 g/mol. The number of anilines is 3. The van der Waals surface area contributed by atoms with Gasteiger partial charge in [-0.2, -0.15) is 0 Å². The molecule has 2 aromatic heterocycles. The van der Waals surface area contributed by atoms with Crippen molar-refractivity contribution in [1.82, 2.24) is 9.13 Å². The van der Waals surface area contributed by atoms with Crippen molar-refractivity contribution in [2.45, 2.75) is 56.9 Å². The number of rotatable bonds is 15. The Kier molecular flexibility index (Phi) is 12.5.